The van der Waals surface area contributed by atoms with Gasteiger partial charge in [-0.15, -0.1) is 0 Å². The molecule has 2 rings (SSSR count). The first-order valence-corrected chi connectivity index (χ1v) is 5.53. The van der Waals surface area contributed by atoms with Crippen molar-refractivity contribution in [1.82, 2.24) is 0 Å². The van der Waals surface area contributed by atoms with Crippen molar-refractivity contribution in [2.75, 3.05) is 19.8 Å². The molecule has 0 atom stereocenters. The Morgan fingerprint density at radius 3 is 2.47 bits per heavy atom. The first-order chi connectivity index (χ1) is 8.09. The number of hydrogen-bond acceptors (Lipinski definition) is 3. The standard InChI is InChI=1S/C12H15F2NO2/c1-8-5-11(14)9(6-10(8)13)12(7-15)16-3-2-4-17-12/h5-6H,2-4,7,15H2,1H3. The molecule has 1 fully saturated rings. The highest BCUT2D eigenvalue weighted by Crippen LogP contribution is 2.32. The third-order valence-electron chi connectivity index (χ3n) is 2.89. The molecule has 0 aliphatic carbocycles. The Hall–Kier alpha value is -1.04. The van der Waals surface area contributed by atoms with Gasteiger partial charge in [0.25, 0.3) is 0 Å². The van der Waals surface area contributed by atoms with E-state index in [1.807, 2.05) is 0 Å². The molecule has 0 spiro atoms. The third kappa shape index (κ3) is 2.18. The zero-order valence-corrected chi connectivity index (χ0v) is 9.63. The lowest BCUT2D eigenvalue weighted by molar-refractivity contribution is -0.271. The van der Waals surface area contributed by atoms with E-state index in [-0.39, 0.29) is 17.7 Å². The summed E-state index contributed by atoms with van der Waals surface area (Å²) in [5.74, 6) is -2.40. The van der Waals surface area contributed by atoms with Crippen molar-refractivity contribution in [3.8, 4) is 0 Å². The van der Waals surface area contributed by atoms with Crippen molar-refractivity contribution in [1.29, 1.82) is 0 Å². The lowest BCUT2D eigenvalue weighted by Gasteiger charge is -2.36. The van der Waals surface area contributed by atoms with Crippen molar-refractivity contribution >= 4 is 0 Å². The molecule has 0 radical (unpaired) electrons. The van der Waals surface area contributed by atoms with Crippen LogP contribution in [0.5, 0.6) is 0 Å². The zero-order chi connectivity index (χ0) is 12.5. The van der Waals surface area contributed by atoms with Crippen molar-refractivity contribution < 1.29 is 18.3 Å². The quantitative estimate of drug-likeness (QED) is 0.861. The average Bonchev–Trinajstić information content (AvgIpc) is 2.34. The first-order valence-electron chi connectivity index (χ1n) is 5.53. The van der Waals surface area contributed by atoms with Gasteiger partial charge in [-0.1, -0.05) is 0 Å². The summed E-state index contributed by atoms with van der Waals surface area (Å²) in [4.78, 5) is 0. The van der Waals surface area contributed by atoms with Crippen molar-refractivity contribution in [2.24, 2.45) is 5.73 Å². The van der Waals surface area contributed by atoms with Gasteiger partial charge in [0.1, 0.15) is 11.6 Å². The van der Waals surface area contributed by atoms with Crippen LogP contribution in [0.15, 0.2) is 12.1 Å². The molecule has 5 heteroatoms. The second-order valence-corrected chi connectivity index (χ2v) is 4.09. The minimum absolute atomic E-state index is 0.0304. The van der Waals surface area contributed by atoms with Gasteiger partial charge in [0.15, 0.2) is 0 Å². The molecule has 94 valence electrons. The number of benzene rings is 1. The second kappa shape index (κ2) is 4.68. The Kier molecular flexibility index (Phi) is 3.42. The molecule has 0 bridgehead atoms. The Balaban J connectivity index is 2.46. The van der Waals surface area contributed by atoms with Crippen LogP contribution < -0.4 is 5.73 Å². The van der Waals surface area contributed by atoms with Crippen LogP contribution in [0, 0.1) is 18.6 Å². The molecule has 1 heterocycles. The molecule has 1 aromatic rings. The van der Waals surface area contributed by atoms with E-state index in [9.17, 15) is 8.78 Å². The number of hydrogen-bond donors (Lipinski definition) is 1. The lowest BCUT2D eigenvalue weighted by Crippen LogP contribution is -2.45. The summed E-state index contributed by atoms with van der Waals surface area (Å²) in [6, 6.07) is 2.23. The van der Waals surface area contributed by atoms with Gasteiger partial charge in [-0.3, -0.25) is 0 Å². The molecule has 3 nitrogen and oxygen atoms in total. The van der Waals surface area contributed by atoms with Crippen molar-refractivity contribution in [3.05, 3.63) is 34.9 Å². The third-order valence-corrected chi connectivity index (χ3v) is 2.89. The highest BCUT2D eigenvalue weighted by molar-refractivity contribution is 5.29. The predicted molar refractivity (Wildman–Crippen MR) is 58.3 cm³/mol. The van der Waals surface area contributed by atoms with E-state index in [1.165, 1.54) is 6.92 Å². The van der Waals surface area contributed by atoms with Gasteiger partial charge in [-0.05, 0) is 31.0 Å². The molecular weight excluding hydrogens is 228 g/mol. The Morgan fingerprint density at radius 2 is 1.88 bits per heavy atom. The van der Waals surface area contributed by atoms with Gasteiger partial charge in [0.2, 0.25) is 5.79 Å². The smallest absolute Gasteiger partial charge is 0.210 e. The van der Waals surface area contributed by atoms with Gasteiger partial charge in [0.05, 0.1) is 25.3 Å². The fraction of sp³-hybridized carbons (Fsp3) is 0.500. The Bertz CT molecular complexity index is 417. The van der Waals surface area contributed by atoms with Crippen LogP contribution in [0.25, 0.3) is 0 Å². The SMILES string of the molecule is Cc1cc(F)c(C2(CN)OCCCO2)cc1F. The molecule has 0 amide bonds. The number of nitrogens with two attached hydrogens (primary N) is 1. The Labute approximate surface area is 98.5 Å². The maximum Gasteiger partial charge on any atom is 0.210 e. The van der Waals surface area contributed by atoms with E-state index < -0.39 is 17.4 Å². The van der Waals surface area contributed by atoms with Crippen molar-refractivity contribution in [2.45, 2.75) is 19.1 Å². The maximum absolute atomic E-state index is 13.9. The second-order valence-electron chi connectivity index (χ2n) is 4.09. The molecule has 1 aliphatic heterocycles. The molecular formula is C12H15F2NO2. The molecule has 0 unspecified atom stereocenters. The minimum atomic E-state index is -1.35. The van der Waals surface area contributed by atoms with E-state index in [2.05, 4.69) is 0 Å². The fourth-order valence-electron chi connectivity index (χ4n) is 1.90. The summed E-state index contributed by atoms with van der Waals surface area (Å²) in [6.07, 6.45) is 0.720. The maximum atomic E-state index is 13.9. The molecule has 1 saturated heterocycles. The van der Waals surface area contributed by atoms with E-state index in [1.54, 1.807) is 0 Å². The molecule has 17 heavy (non-hydrogen) atoms. The highest BCUT2D eigenvalue weighted by atomic mass is 19.1. The number of ether oxygens (including phenoxy) is 2. The summed E-state index contributed by atoms with van der Waals surface area (Å²) in [6.45, 7) is 2.30. The zero-order valence-electron chi connectivity index (χ0n) is 9.63. The Morgan fingerprint density at radius 1 is 1.24 bits per heavy atom. The van der Waals surface area contributed by atoms with Crippen LogP contribution in [0.1, 0.15) is 17.5 Å². The van der Waals surface area contributed by atoms with Crippen LogP contribution in [0.2, 0.25) is 0 Å². The fourth-order valence-corrected chi connectivity index (χ4v) is 1.90. The number of halogens is 2. The predicted octanol–water partition coefficient (Wildman–Crippen LogP) is 1.82. The van der Waals surface area contributed by atoms with Crippen LogP contribution in [-0.2, 0) is 15.3 Å². The average molecular weight is 243 g/mol. The van der Waals surface area contributed by atoms with E-state index in [4.69, 9.17) is 15.2 Å². The first kappa shape index (κ1) is 12.4. The molecule has 1 aromatic carbocycles. The van der Waals surface area contributed by atoms with Crippen LogP contribution in [0.4, 0.5) is 8.78 Å². The molecule has 2 N–H and O–H groups in total. The van der Waals surface area contributed by atoms with E-state index >= 15 is 0 Å². The molecule has 0 saturated carbocycles. The summed E-state index contributed by atoms with van der Waals surface area (Å²) in [7, 11) is 0. The summed E-state index contributed by atoms with van der Waals surface area (Å²) in [5, 5.41) is 0. The lowest BCUT2D eigenvalue weighted by atomic mass is 10.0. The summed E-state index contributed by atoms with van der Waals surface area (Å²) in [5.41, 5.74) is 5.86. The monoisotopic (exact) mass is 243 g/mol. The van der Waals surface area contributed by atoms with Crippen LogP contribution in [-0.4, -0.2) is 19.8 Å². The highest BCUT2D eigenvalue weighted by Gasteiger charge is 2.38. The number of rotatable bonds is 2. The molecule has 0 aromatic heterocycles. The topological polar surface area (TPSA) is 44.5 Å². The van der Waals surface area contributed by atoms with Gasteiger partial charge < -0.3 is 15.2 Å². The van der Waals surface area contributed by atoms with Crippen LogP contribution >= 0.6 is 0 Å². The van der Waals surface area contributed by atoms with Gasteiger partial charge in [0, 0.05) is 0 Å². The van der Waals surface area contributed by atoms with Crippen LogP contribution in [0.3, 0.4) is 0 Å². The summed E-state index contributed by atoms with van der Waals surface area (Å²) < 4.78 is 38.2. The van der Waals surface area contributed by atoms with Gasteiger partial charge >= 0.3 is 0 Å². The largest absolute Gasteiger partial charge is 0.345 e. The minimum Gasteiger partial charge on any atom is -0.345 e. The van der Waals surface area contributed by atoms with Crippen molar-refractivity contribution in [3.63, 3.8) is 0 Å². The van der Waals surface area contributed by atoms with E-state index in [0.29, 0.717) is 13.2 Å². The molecule has 1 aliphatic rings. The number of aryl methyl sites for hydroxylation is 1. The van der Waals surface area contributed by atoms with Gasteiger partial charge in [-0.25, -0.2) is 8.78 Å². The van der Waals surface area contributed by atoms with E-state index in [0.717, 1.165) is 18.6 Å². The van der Waals surface area contributed by atoms with Gasteiger partial charge in [-0.2, -0.15) is 0 Å². The summed E-state index contributed by atoms with van der Waals surface area (Å²) >= 11 is 0. The normalized spacial score (nSPS) is 19.3.